The Hall–Kier alpha value is -4.56. The fourth-order valence-corrected chi connectivity index (χ4v) is 7.08. The third kappa shape index (κ3) is 3.29. The number of aromatic hydroxyl groups is 1. The van der Waals surface area contributed by atoms with Crippen molar-refractivity contribution in [2.45, 2.75) is 11.3 Å². The summed E-state index contributed by atoms with van der Waals surface area (Å²) in [6.45, 7) is 0. The molecule has 40 heavy (non-hydrogen) atoms. The molecule has 3 aliphatic carbocycles. The van der Waals surface area contributed by atoms with Crippen LogP contribution >= 0.6 is 15.9 Å². The number of para-hydroxylation sites is 1. The molecule has 0 spiro atoms. The maximum absolute atomic E-state index is 14.3. The van der Waals surface area contributed by atoms with E-state index in [2.05, 4.69) is 26.5 Å². The monoisotopic (exact) mass is 591 g/mol. The number of amides is 3. The van der Waals surface area contributed by atoms with Crippen molar-refractivity contribution in [2.24, 2.45) is 16.9 Å². The summed E-state index contributed by atoms with van der Waals surface area (Å²) in [5.74, 6) is -2.99. The number of phenolic OH excluding ortho intramolecular Hbond substituents is 1. The highest BCUT2D eigenvalue weighted by Crippen LogP contribution is 2.63. The van der Waals surface area contributed by atoms with Crippen LogP contribution in [0, 0.1) is 11.8 Å². The fraction of sp³-hybridized carbons (Fsp3) is 0.125. The molecule has 8 rings (SSSR count). The van der Waals surface area contributed by atoms with E-state index in [0.29, 0.717) is 5.69 Å². The molecule has 4 aliphatic rings. The van der Waals surface area contributed by atoms with Gasteiger partial charge in [-0.2, -0.15) is 5.10 Å². The SMILES string of the molecule is O=C(N/N=C\C12c3ccccc3C(c3ccccc31)[C@@H]1C(=O)N(c3ccc(Br)cc3)C(=O)[C@H]12)c1ccccc1O. The normalized spacial score (nSPS) is 24.1. The second-order valence-electron chi connectivity index (χ2n) is 10.2. The van der Waals surface area contributed by atoms with Crippen molar-refractivity contribution in [1.29, 1.82) is 0 Å². The van der Waals surface area contributed by atoms with Gasteiger partial charge in [0, 0.05) is 16.6 Å². The van der Waals surface area contributed by atoms with Gasteiger partial charge in [-0.05, 0) is 58.7 Å². The summed E-state index contributed by atoms with van der Waals surface area (Å²) in [6.07, 6.45) is 1.60. The Morgan fingerprint density at radius 1 is 0.850 bits per heavy atom. The minimum atomic E-state index is -1.10. The van der Waals surface area contributed by atoms with Crippen molar-refractivity contribution in [3.05, 3.63) is 129 Å². The number of nitrogens with one attached hydrogen (secondary N) is 1. The average Bonchev–Trinajstić information content (AvgIpc) is 3.24. The average molecular weight is 592 g/mol. The van der Waals surface area contributed by atoms with Gasteiger partial charge in [-0.25, -0.2) is 10.3 Å². The van der Waals surface area contributed by atoms with Gasteiger partial charge in [-0.3, -0.25) is 14.4 Å². The highest BCUT2D eigenvalue weighted by atomic mass is 79.9. The van der Waals surface area contributed by atoms with E-state index in [9.17, 15) is 19.5 Å². The number of phenols is 1. The number of hydrogen-bond acceptors (Lipinski definition) is 5. The van der Waals surface area contributed by atoms with Gasteiger partial charge in [0.1, 0.15) is 5.75 Å². The van der Waals surface area contributed by atoms with Crippen LogP contribution in [0.15, 0.2) is 107 Å². The predicted molar refractivity (Wildman–Crippen MR) is 153 cm³/mol. The molecule has 7 nitrogen and oxygen atoms in total. The number of nitrogens with zero attached hydrogens (tertiary/aromatic N) is 2. The number of imide groups is 1. The van der Waals surface area contributed by atoms with Crippen molar-refractivity contribution in [1.82, 2.24) is 5.43 Å². The molecule has 0 aromatic heterocycles. The van der Waals surface area contributed by atoms with Crippen molar-refractivity contribution < 1.29 is 19.5 Å². The van der Waals surface area contributed by atoms with E-state index in [0.717, 1.165) is 26.7 Å². The molecule has 0 saturated carbocycles. The number of anilines is 1. The fourth-order valence-electron chi connectivity index (χ4n) is 6.81. The molecule has 4 aromatic rings. The summed E-state index contributed by atoms with van der Waals surface area (Å²) < 4.78 is 0.844. The first-order valence-electron chi connectivity index (χ1n) is 12.9. The maximum atomic E-state index is 14.3. The van der Waals surface area contributed by atoms with Gasteiger partial charge in [0.25, 0.3) is 5.91 Å². The van der Waals surface area contributed by atoms with E-state index in [1.54, 1.807) is 30.5 Å². The molecule has 196 valence electrons. The maximum Gasteiger partial charge on any atom is 0.275 e. The van der Waals surface area contributed by atoms with E-state index < -0.39 is 23.2 Å². The Labute approximate surface area is 238 Å². The third-order valence-corrected chi connectivity index (χ3v) is 8.88. The number of rotatable bonds is 4. The number of hydrazone groups is 1. The van der Waals surface area contributed by atoms with E-state index in [-0.39, 0.29) is 29.0 Å². The number of hydrogen-bond donors (Lipinski definition) is 2. The zero-order valence-corrected chi connectivity index (χ0v) is 22.6. The summed E-state index contributed by atoms with van der Waals surface area (Å²) >= 11 is 3.43. The molecule has 0 radical (unpaired) electrons. The van der Waals surface area contributed by atoms with Crippen LogP contribution in [0.4, 0.5) is 5.69 Å². The molecule has 8 heteroatoms. The summed E-state index contributed by atoms with van der Waals surface area (Å²) in [4.78, 5) is 42.7. The van der Waals surface area contributed by atoms with Crippen LogP contribution in [0.5, 0.6) is 5.75 Å². The van der Waals surface area contributed by atoms with Gasteiger partial charge >= 0.3 is 0 Å². The summed E-state index contributed by atoms with van der Waals surface area (Å²) in [5, 5.41) is 14.5. The standard InChI is InChI=1S/C32H22BrN3O4/c33-18-13-15-19(16-14-18)36-30(39)27-26-20-7-1-4-10-23(20)32(28(27)31(36)40,24-11-5-2-8-21(24)26)17-34-35-29(38)22-9-3-6-12-25(22)37/h1-17,26-28,37H,(H,35,38)/b34-17-/t26?,27-,28-,32?/m0/s1. The molecule has 4 aromatic carbocycles. The van der Waals surface area contributed by atoms with Crippen molar-refractivity contribution in [3.63, 3.8) is 0 Å². The quantitative estimate of drug-likeness (QED) is 0.195. The van der Waals surface area contributed by atoms with E-state index in [1.165, 1.54) is 17.0 Å². The van der Waals surface area contributed by atoms with Crippen LogP contribution < -0.4 is 10.3 Å². The van der Waals surface area contributed by atoms with Gasteiger partial charge in [-0.15, -0.1) is 0 Å². The lowest BCUT2D eigenvalue weighted by Gasteiger charge is -2.52. The van der Waals surface area contributed by atoms with Gasteiger partial charge in [-0.1, -0.05) is 76.6 Å². The van der Waals surface area contributed by atoms with Crippen LogP contribution in [0.2, 0.25) is 0 Å². The topological polar surface area (TPSA) is 99.1 Å². The van der Waals surface area contributed by atoms with Gasteiger partial charge in [0.2, 0.25) is 11.8 Å². The second-order valence-corrected chi connectivity index (χ2v) is 11.1. The Balaban J connectivity index is 1.41. The summed E-state index contributed by atoms with van der Waals surface area (Å²) in [6, 6.07) is 29.0. The third-order valence-electron chi connectivity index (χ3n) is 8.35. The molecule has 0 unspecified atom stereocenters. The largest absolute Gasteiger partial charge is 0.507 e. The number of halogens is 1. The number of carbonyl (C=O) groups is 3. The molecule has 2 bridgehead atoms. The second kappa shape index (κ2) is 8.99. The predicted octanol–water partition coefficient (Wildman–Crippen LogP) is 5.12. The van der Waals surface area contributed by atoms with E-state index >= 15 is 0 Å². The van der Waals surface area contributed by atoms with Crippen LogP contribution in [0.25, 0.3) is 0 Å². The van der Waals surface area contributed by atoms with Crippen LogP contribution in [-0.2, 0) is 15.0 Å². The number of benzene rings is 4. The van der Waals surface area contributed by atoms with E-state index in [1.807, 2.05) is 60.7 Å². The minimum Gasteiger partial charge on any atom is -0.507 e. The molecule has 2 atom stereocenters. The first kappa shape index (κ1) is 24.5. The highest BCUT2D eigenvalue weighted by molar-refractivity contribution is 9.10. The first-order valence-corrected chi connectivity index (χ1v) is 13.7. The molecule has 3 amide bonds. The lowest BCUT2D eigenvalue weighted by Crippen LogP contribution is -2.54. The number of carbonyl (C=O) groups excluding carboxylic acids is 3. The van der Waals surface area contributed by atoms with Crippen molar-refractivity contribution in [2.75, 3.05) is 4.90 Å². The Morgan fingerprint density at radius 2 is 1.45 bits per heavy atom. The molecular formula is C32H22BrN3O4. The smallest absolute Gasteiger partial charge is 0.275 e. The van der Waals surface area contributed by atoms with Gasteiger partial charge in [0.05, 0.1) is 28.5 Å². The Morgan fingerprint density at radius 3 is 2.10 bits per heavy atom. The molecule has 1 heterocycles. The van der Waals surface area contributed by atoms with Crippen LogP contribution in [-0.4, -0.2) is 29.0 Å². The molecule has 1 aliphatic heterocycles. The van der Waals surface area contributed by atoms with E-state index in [4.69, 9.17) is 0 Å². The van der Waals surface area contributed by atoms with Gasteiger partial charge in [0.15, 0.2) is 0 Å². The first-order chi connectivity index (χ1) is 19.4. The molecule has 2 N–H and O–H groups in total. The van der Waals surface area contributed by atoms with Crippen LogP contribution in [0.1, 0.15) is 38.5 Å². The zero-order valence-electron chi connectivity index (χ0n) is 21.0. The highest BCUT2D eigenvalue weighted by Gasteiger charge is 2.68. The summed E-state index contributed by atoms with van der Waals surface area (Å²) in [7, 11) is 0. The molecular weight excluding hydrogens is 570 g/mol. The lowest BCUT2D eigenvalue weighted by molar-refractivity contribution is -0.122. The Kier molecular flexibility index (Phi) is 5.50. The van der Waals surface area contributed by atoms with Crippen LogP contribution in [0.3, 0.4) is 0 Å². The van der Waals surface area contributed by atoms with Gasteiger partial charge < -0.3 is 5.11 Å². The molecule has 1 saturated heterocycles. The Bertz CT molecular complexity index is 1700. The van der Waals surface area contributed by atoms with Crippen molar-refractivity contribution in [3.8, 4) is 5.75 Å². The lowest BCUT2D eigenvalue weighted by atomic mass is 9.47. The zero-order chi connectivity index (χ0) is 27.6. The summed E-state index contributed by atoms with van der Waals surface area (Å²) in [5.41, 5.74) is 5.75. The van der Waals surface area contributed by atoms with Crippen molar-refractivity contribution >= 4 is 45.6 Å². The molecule has 1 fully saturated rings. The minimum absolute atomic E-state index is 0.0803.